The highest BCUT2D eigenvalue weighted by Gasteiger charge is 2.09. The van der Waals surface area contributed by atoms with Gasteiger partial charge in [0, 0.05) is 0 Å². The quantitative estimate of drug-likeness (QED) is 0.812. The first-order valence-corrected chi connectivity index (χ1v) is 5.88. The van der Waals surface area contributed by atoms with E-state index in [1.807, 2.05) is 54.6 Å². The second-order valence-corrected chi connectivity index (χ2v) is 3.98. The Labute approximate surface area is 107 Å². The minimum Gasteiger partial charge on any atom is -0.490 e. The van der Waals surface area contributed by atoms with Crippen molar-refractivity contribution in [2.45, 2.75) is 6.10 Å². The molecule has 0 amide bonds. The number of hydrogen-bond acceptors (Lipinski definition) is 2. The maximum absolute atomic E-state index is 10.2. The lowest BCUT2D eigenvalue weighted by Crippen LogP contribution is -1.99. The van der Waals surface area contributed by atoms with Crippen LogP contribution in [-0.2, 0) is 0 Å². The average molecular weight is 240 g/mol. The van der Waals surface area contributed by atoms with E-state index in [9.17, 15) is 5.11 Å². The van der Waals surface area contributed by atoms with Gasteiger partial charge in [0.25, 0.3) is 0 Å². The van der Waals surface area contributed by atoms with Gasteiger partial charge in [-0.1, -0.05) is 55.1 Å². The highest BCUT2D eigenvalue weighted by molar-refractivity contribution is 5.34. The predicted octanol–water partition coefficient (Wildman–Crippen LogP) is 3.33. The first-order valence-electron chi connectivity index (χ1n) is 5.88. The monoisotopic (exact) mass is 240 g/mol. The Morgan fingerprint density at radius 3 is 2.22 bits per heavy atom. The Bertz CT molecular complexity index is 488. The van der Waals surface area contributed by atoms with Crippen LogP contribution in [0.5, 0.6) is 5.75 Å². The standard InChI is InChI=1S/C16H16O2/c1-2-12-18-15-10-8-14(9-11-15)16(17)13-6-4-3-5-7-13/h2-11,16-17H,1,12H2. The van der Waals surface area contributed by atoms with Gasteiger partial charge in [0.1, 0.15) is 18.5 Å². The minimum absolute atomic E-state index is 0.487. The van der Waals surface area contributed by atoms with Crippen LogP contribution in [-0.4, -0.2) is 11.7 Å². The van der Waals surface area contributed by atoms with Gasteiger partial charge in [0.05, 0.1) is 0 Å². The molecule has 0 aliphatic carbocycles. The Balaban J connectivity index is 2.12. The van der Waals surface area contributed by atoms with Gasteiger partial charge >= 0.3 is 0 Å². The topological polar surface area (TPSA) is 29.5 Å². The molecule has 1 unspecified atom stereocenters. The second kappa shape index (κ2) is 6.03. The van der Waals surface area contributed by atoms with Crippen molar-refractivity contribution in [2.24, 2.45) is 0 Å². The van der Waals surface area contributed by atoms with Gasteiger partial charge < -0.3 is 9.84 Å². The fraction of sp³-hybridized carbons (Fsp3) is 0.125. The molecule has 0 saturated carbocycles. The van der Waals surface area contributed by atoms with Gasteiger partial charge in [0.2, 0.25) is 0 Å². The van der Waals surface area contributed by atoms with Crippen LogP contribution in [0, 0.1) is 0 Å². The molecule has 0 bridgehead atoms. The van der Waals surface area contributed by atoms with Gasteiger partial charge in [-0.15, -0.1) is 0 Å². The van der Waals surface area contributed by atoms with Crippen LogP contribution in [0.2, 0.25) is 0 Å². The molecule has 0 fully saturated rings. The van der Waals surface area contributed by atoms with Crippen LogP contribution in [0.4, 0.5) is 0 Å². The second-order valence-electron chi connectivity index (χ2n) is 3.98. The number of hydrogen-bond donors (Lipinski definition) is 1. The summed E-state index contributed by atoms with van der Waals surface area (Å²) in [7, 11) is 0. The van der Waals surface area contributed by atoms with Crippen LogP contribution in [0.3, 0.4) is 0 Å². The molecular formula is C16H16O2. The van der Waals surface area contributed by atoms with Crippen LogP contribution >= 0.6 is 0 Å². The summed E-state index contributed by atoms with van der Waals surface area (Å²) < 4.78 is 5.40. The third kappa shape index (κ3) is 2.99. The van der Waals surface area contributed by atoms with Crippen LogP contribution in [0.25, 0.3) is 0 Å². The molecule has 0 aromatic heterocycles. The van der Waals surface area contributed by atoms with E-state index in [2.05, 4.69) is 6.58 Å². The lowest BCUT2D eigenvalue weighted by Gasteiger charge is -2.12. The molecular weight excluding hydrogens is 224 g/mol. The predicted molar refractivity (Wildman–Crippen MR) is 72.6 cm³/mol. The molecule has 0 heterocycles. The summed E-state index contributed by atoms with van der Waals surface area (Å²) in [6.45, 7) is 4.08. The summed E-state index contributed by atoms with van der Waals surface area (Å²) in [6, 6.07) is 17.0. The van der Waals surface area contributed by atoms with E-state index in [1.54, 1.807) is 6.08 Å². The van der Waals surface area contributed by atoms with Crippen molar-refractivity contribution in [3.05, 3.63) is 78.4 Å². The molecule has 0 aliphatic heterocycles. The Morgan fingerprint density at radius 1 is 1.00 bits per heavy atom. The van der Waals surface area contributed by atoms with Gasteiger partial charge in [-0.25, -0.2) is 0 Å². The zero-order valence-electron chi connectivity index (χ0n) is 10.1. The number of benzene rings is 2. The fourth-order valence-corrected chi connectivity index (χ4v) is 1.73. The zero-order valence-corrected chi connectivity index (χ0v) is 10.1. The number of aliphatic hydroxyl groups excluding tert-OH is 1. The number of ether oxygens (including phenoxy) is 1. The maximum Gasteiger partial charge on any atom is 0.119 e. The first-order chi connectivity index (χ1) is 8.81. The Kier molecular flexibility index (Phi) is 4.15. The molecule has 0 spiro atoms. The fourth-order valence-electron chi connectivity index (χ4n) is 1.73. The summed E-state index contributed by atoms with van der Waals surface area (Å²) in [5, 5.41) is 10.2. The smallest absolute Gasteiger partial charge is 0.119 e. The minimum atomic E-state index is -0.598. The molecule has 1 N–H and O–H groups in total. The van der Waals surface area contributed by atoms with Gasteiger partial charge in [0.15, 0.2) is 0 Å². The molecule has 0 aliphatic rings. The molecule has 2 heteroatoms. The molecule has 92 valence electrons. The van der Waals surface area contributed by atoms with Crippen molar-refractivity contribution in [2.75, 3.05) is 6.61 Å². The normalized spacial score (nSPS) is 11.8. The van der Waals surface area contributed by atoms with Crippen molar-refractivity contribution in [3.63, 3.8) is 0 Å². The summed E-state index contributed by atoms with van der Waals surface area (Å²) in [5.41, 5.74) is 1.74. The SMILES string of the molecule is C=CCOc1ccc(C(O)c2ccccc2)cc1. The van der Waals surface area contributed by atoms with Crippen molar-refractivity contribution in [3.8, 4) is 5.75 Å². The molecule has 2 aromatic carbocycles. The summed E-state index contributed by atoms with van der Waals surface area (Å²) in [6.07, 6.45) is 1.10. The average Bonchev–Trinajstić information content (AvgIpc) is 2.46. The maximum atomic E-state index is 10.2. The Hall–Kier alpha value is -2.06. The Morgan fingerprint density at radius 2 is 1.61 bits per heavy atom. The van der Waals surface area contributed by atoms with Crippen molar-refractivity contribution >= 4 is 0 Å². The van der Waals surface area contributed by atoms with E-state index in [0.29, 0.717) is 6.61 Å². The van der Waals surface area contributed by atoms with Crippen LogP contribution in [0.15, 0.2) is 67.3 Å². The lowest BCUT2D eigenvalue weighted by atomic mass is 10.0. The lowest BCUT2D eigenvalue weighted by molar-refractivity contribution is 0.220. The molecule has 18 heavy (non-hydrogen) atoms. The molecule has 2 aromatic rings. The van der Waals surface area contributed by atoms with E-state index in [4.69, 9.17) is 4.74 Å². The number of aliphatic hydroxyl groups is 1. The van der Waals surface area contributed by atoms with E-state index >= 15 is 0 Å². The van der Waals surface area contributed by atoms with Gasteiger partial charge in [-0.05, 0) is 23.3 Å². The highest BCUT2D eigenvalue weighted by atomic mass is 16.5. The van der Waals surface area contributed by atoms with Crippen molar-refractivity contribution < 1.29 is 9.84 Å². The third-order valence-corrected chi connectivity index (χ3v) is 2.68. The molecule has 0 saturated heterocycles. The molecule has 1 atom stereocenters. The van der Waals surface area contributed by atoms with E-state index in [-0.39, 0.29) is 0 Å². The van der Waals surface area contributed by atoms with Gasteiger partial charge in [-0.2, -0.15) is 0 Å². The van der Waals surface area contributed by atoms with Crippen molar-refractivity contribution in [1.82, 2.24) is 0 Å². The van der Waals surface area contributed by atoms with E-state index in [0.717, 1.165) is 16.9 Å². The van der Waals surface area contributed by atoms with Crippen molar-refractivity contribution in [1.29, 1.82) is 0 Å². The first kappa shape index (κ1) is 12.4. The third-order valence-electron chi connectivity index (χ3n) is 2.68. The van der Waals surface area contributed by atoms with E-state index in [1.165, 1.54) is 0 Å². The van der Waals surface area contributed by atoms with Crippen LogP contribution < -0.4 is 4.74 Å². The van der Waals surface area contributed by atoms with Crippen LogP contribution in [0.1, 0.15) is 17.2 Å². The van der Waals surface area contributed by atoms with Gasteiger partial charge in [-0.3, -0.25) is 0 Å². The number of rotatable bonds is 5. The molecule has 0 radical (unpaired) electrons. The summed E-state index contributed by atoms with van der Waals surface area (Å²) in [4.78, 5) is 0. The van der Waals surface area contributed by atoms with E-state index < -0.39 is 6.10 Å². The highest BCUT2D eigenvalue weighted by Crippen LogP contribution is 2.23. The molecule has 2 nitrogen and oxygen atoms in total. The largest absolute Gasteiger partial charge is 0.490 e. The molecule has 2 rings (SSSR count). The summed E-state index contributed by atoms with van der Waals surface area (Å²) >= 11 is 0. The summed E-state index contributed by atoms with van der Waals surface area (Å²) in [5.74, 6) is 0.777. The zero-order chi connectivity index (χ0) is 12.8.